The minimum atomic E-state index is 0.0354. The van der Waals surface area contributed by atoms with E-state index >= 15 is 0 Å². The van der Waals surface area contributed by atoms with Crippen molar-refractivity contribution in [1.82, 2.24) is 19.9 Å². The predicted octanol–water partition coefficient (Wildman–Crippen LogP) is 5.10. The van der Waals surface area contributed by atoms with Crippen molar-refractivity contribution in [2.45, 2.75) is 52.0 Å². The van der Waals surface area contributed by atoms with Gasteiger partial charge in [0.2, 0.25) is 5.91 Å². The Bertz CT molecular complexity index is 1460. The van der Waals surface area contributed by atoms with Gasteiger partial charge in [0, 0.05) is 43.8 Å². The van der Waals surface area contributed by atoms with Crippen LogP contribution in [0.15, 0.2) is 31.0 Å². The molecule has 1 saturated heterocycles. The number of pyridine rings is 1. The van der Waals surface area contributed by atoms with E-state index in [1.807, 2.05) is 24.0 Å². The van der Waals surface area contributed by atoms with Gasteiger partial charge in [0.1, 0.15) is 11.9 Å². The largest absolute Gasteiger partial charge is 0.384 e. The zero-order valence-electron chi connectivity index (χ0n) is 23.3. The molecule has 1 aliphatic carbocycles. The molecule has 0 bridgehead atoms. The Kier molecular flexibility index (Phi) is 7.62. The molecule has 1 saturated carbocycles. The van der Waals surface area contributed by atoms with Gasteiger partial charge in [0.25, 0.3) is 0 Å². The van der Waals surface area contributed by atoms with Crippen LogP contribution in [-0.4, -0.2) is 65.2 Å². The van der Waals surface area contributed by atoms with Gasteiger partial charge < -0.3 is 14.5 Å². The number of rotatable bonds is 8. The third kappa shape index (κ3) is 5.11. The van der Waals surface area contributed by atoms with Crippen LogP contribution >= 0.6 is 0 Å². The van der Waals surface area contributed by atoms with Crippen molar-refractivity contribution >= 4 is 28.8 Å². The summed E-state index contributed by atoms with van der Waals surface area (Å²) in [6.07, 6.45) is 5.97. The van der Waals surface area contributed by atoms with Crippen LogP contribution in [-0.2, 0) is 9.53 Å². The van der Waals surface area contributed by atoms with Gasteiger partial charge >= 0.3 is 0 Å². The molecule has 0 radical (unpaired) electrons. The molecule has 1 atom stereocenters. The number of methoxy groups -OCH3 is 1. The molecule has 8 heteroatoms. The second kappa shape index (κ2) is 11.1. The molecular weight excluding hydrogens is 488 g/mol. The molecule has 5 rings (SSSR count). The lowest BCUT2D eigenvalue weighted by Gasteiger charge is -2.44. The van der Waals surface area contributed by atoms with E-state index in [1.54, 1.807) is 19.4 Å². The van der Waals surface area contributed by atoms with E-state index in [2.05, 4.69) is 42.4 Å². The van der Waals surface area contributed by atoms with E-state index in [9.17, 15) is 10.1 Å². The summed E-state index contributed by atoms with van der Waals surface area (Å²) in [5, 5.41) is 10.4. The highest BCUT2D eigenvalue weighted by Gasteiger charge is 2.36. The quantitative estimate of drug-likeness (QED) is 0.404. The number of aromatic nitrogens is 3. The minimum absolute atomic E-state index is 0.0354. The third-order valence-electron chi connectivity index (χ3n) is 7.93. The standard InChI is InChI=1S/C31H36N6O2/c1-6-22-17-33-30-23(8-7-9-25(30)34-22)28-20(4)24(16-32)31(35-29(28)21-10-11-21)36-13-14-37(26(18-36)19(2)3)27(38)12-15-39-5/h6-9,17,19,21,26H,1,10-15,18H2,2-5H3. The molecule has 2 aliphatic rings. The maximum Gasteiger partial charge on any atom is 0.225 e. The van der Waals surface area contributed by atoms with Crippen LogP contribution < -0.4 is 4.90 Å². The van der Waals surface area contributed by atoms with Gasteiger partial charge in [-0.25, -0.2) is 9.97 Å². The van der Waals surface area contributed by atoms with Crippen LogP contribution in [0, 0.1) is 24.2 Å². The van der Waals surface area contributed by atoms with Crippen molar-refractivity contribution in [2.75, 3.05) is 38.3 Å². The van der Waals surface area contributed by atoms with Gasteiger partial charge in [-0.2, -0.15) is 5.26 Å². The number of carbonyl (C=O) groups is 1. The summed E-state index contributed by atoms with van der Waals surface area (Å²) in [5.74, 6) is 1.47. The van der Waals surface area contributed by atoms with Gasteiger partial charge in [0.15, 0.2) is 0 Å². The SMILES string of the molecule is C=Cc1cnc2c(-c3c(C4CC4)nc(N4CCN(C(=O)CCOC)C(C(C)C)C4)c(C#N)c3C)cccc2n1. The normalized spacial score (nSPS) is 17.5. The van der Waals surface area contributed by atoms with E-state index < -0.39 is 0 Å². The molecule has 3 aromatic rings. The van der Waals surface area contributed by atoms with E-state index in [4.69, 9.17) is 14.7 Å². The first kappa shape index (κ1) is 26.8. The molecule has 2 fully saturated rings. The Balaban J connectivity index is 1.58. The van der Waals surface area contributed by atoms with Gasteiger partial charge in [-0.3, -0.25) is 9.78 Å². The number of piperazine rings is 1. The molecule has 0 N–H and O–H groups in total. The Morgan fingerprint density at radius 2 is 2.08 bits per heavy atom. The molecule has 39 heavy (non-hydrogen) atoms. The lowest BCUT2D eigenvalue weighted by atomic mass is 9.92. The average Bonchev–Trinajstić information content (AvgIpc) is 3.80. The van der Waals surface area contributed by atoms with E-state index in [1.165, 1.54) is 0 Å². The Labute approximate surface area is 230 Å². The highest BCUT2D eigenvalue weighted by molar-refractivity contribution is 5.94. The lowest BCUT2D eigenvalue weighted by Crippen LogP contribution is -2.57. The summed E-state index contributed by atoms with van der Waals surface area (Å²) in [7, 11) is 1.62. The number of hydrogen-bond acceptors (Lipinski definition) is 7. The monoisotopic (exact) mass is 524 g/mol. The van der Waals surface area contributed by atoms with Gasteiger partial charge in [-0.05, 0) is 43.4 Å². The fourth-order valence-electron chi connectivity index (χ4n) is 5.64. The van der Waals surface area contributed by atoms with Crippen LogP contribution in [0.3, 0.4) is 0 Å². The summed E-state index contributed by atoms with van der Waals surface area (Å²) >= 11 is 0. The van der Waals surface area contributed by atoms with Crippen molar-refractivity contribution in [3.05, 3.63) is 53.5 Å². The van der Waals surface area contributed by atoms with Crippen molar-refractivity contribution < 1.29 is 9.53 Å². The molecule has 202 valence electrons. The number of fused-ring (bicyclic) bond motifs is 1. The number of carbonyl (C=O) groups excluding carboxylic acids is 1. The molecular formula is C31H36N6O2. The van der Waals surface area contributed by atoms with Crippen LogP contribution in [0.4, 0.5) is 5.82 Å². The maximum absolute atomic E-state index is 12.9. The summed E-state index contributed by atoms with van der Waals surface area (Å²) in [4.78, 5) is 31.8. The second-order valence-corrected chi connectivity index (χ2v) is 10.8. The number of para-hydroxylation sites is 1. The lowest BCUT2D eigenvalue weighted by molar-refractivity contribution is -0.135. The van der Waals surface area contributed by atoms with Crippen LogP contribution in [0.1, 0.15) is 61.5 Å². The highest BCUT2D eigenvalue weighted by atomic mass is 16.5. The number of ether oxygens (including phenoxy) is 1. The summed E-state index contributed by atoms with van der Waals surface area (Å²) < 4.78 is 5.14. The third-order valence-corrected chi connectivity index (χ3v) is 7.93. The average molecular weight is 525 g/mol. The van der Waals surface area contributed by atoms with Gasteiger partial charge in [-0.15, -0.1) is 0 Å². The van der Waals surface area contributed by atoms with Crippen LogP contribution in [0.5, 0.6) is 0 Å². The van der Waals surface area contributed by atoms with Gasteiger partial charge in [0.05, 0.1) is 53.3 Å². The smallest absolute Gasteiger partial charge is 0.225 e. The molecule has 1 amide bonds. The summed E-state index contributed by atoms with van der Waals surface area (Å²) in [6, 6.07) is 8.52. The number of nitrogens with zero attached hydrogens (tertiary/aromatic N) is 6. The first-order valence-electron chi connectivity index (χ1n) is 13.7. The maximum atomic E-state index is 12.9. The first-order valence-corrected chi connectivity index (χ1v) is 13.7. The van der Waals surface area contributed by atoms with Crippen molar-refractivity contribution in [2.24, 2.45) is 5.92 Å². The molecule has 1 unspecified atom stereocenters. The zero-order valence-corrected chi connectivity index (χ0v) is 23.3. The Morgan fingerprint density at radius 3 is 2.74 bits per heavy atom. The Morgan fingerprint density at radius 1 is 1.28 bits per heavy atom. The number of hydrogen-bond donors (Lipinski definition) is 0. The summed E-state index contributed by atoms with van der Waals surface area (Å²) in [6.45, 7) is 12.4. The fraction of sp³-hybridized carbons (Fsp3) is 0.452. The highest BCUT2D eigenvalue weighted by Crippen LogP contribution is 2.47. The zero-order chi connectivity index (χ0) is 27.7. The topological polar surface area (TPSA) is 95.2 Å². The molecule has 0 spiro atoms. The number of anilines is 1. The van der Waals surface area contributed by atoms with E-state index in [0.29, 0.717) is 44.1 Å². The molecule has 1 aliphatic heterocycles. The van der Waals surface area contributed by atoms with Crippen molar-refractivity contribution in [1.29, 1.82) is 5.26 Å². The second-order valence-electron chi connectivity index (χ2n) is 10.8. The minimum Gasteiger partial charge on any atom is -0.384 e. The predicted molar refractivity (Wildman–Crippen MR) is 153 cm³/mol. The molecule has 2 aromatic heterocycles. The number of benzene rings is 1. The molecule has 8 nitrogen and oxygen atoms in total. The number of amides is 1. The Hall–Kier alpha value is -3.83. The van der Waals surface area contributed by atoms with Crippen LogP contribution in [0.2, 0.25) is 0 Å². The molecule has 3 heterocycles. The van der Waals surface area contributed by atoms with Crippen molar-refractivity contribution in [3.63, 3.8) is 0 Å². The van der Waals surface area contributed by atoms with E-state index in [0.717, 1.165) is 57.8 Å². The van der Waals surface area contributed by atoms with Gasteiger partial charge in [-0.1, -0.05) is 32.6 Å². The summed E-state index contributed by atoms with van der Waals surface area (Å²) in [5.41, 5.74) is 6.82. The van der Waals surface area contributed by atoms with E-state index in [-0.39, 0.29) is 17.9 Å². The van der Waals surface area contributed by atoms with Crippen molar-refractivity contribution in [3.8, 4) is 17.2 Å². The fourth-order valence-corrected chi connectivity index (χ4v) is 5.64. The molecule has 1 aromatic carbocycles. The first-order chi connectivity index (χ1) is 18.9. The number of nitriles is 1. The van der Waals surface area contributed by atoms with Crippen LogP contribution in [0.25, 0.3) is 28.2 Å².